The molecule has 1 aromatic carbocycles. The summed E-state index contributed by atoms with van der Waals surface area (Å²) >= 11 is 0. The molecule has 1 atom stereocenters. The Hall–Kier alpha value is -2.76. The van der Waals surface area contributed by atoms with Gasteiger partial charge in [-0.05, 0) is 49.9 Å². The van der Waals surface area contributed by atoms with Crippen LogP contribution in [0, 0.1) is 11.7 Å². The molecule has 3 aromatic rings. The number of amides is 1. The molecule has 0 aliphatic heterocycles. The standard InChI is InChI=1S/C22H27FN4O/c1-14(2)12-19(25-20(28)13-16-8-5-6-9-17(16)23)22-26-18-10-7-11-24-21(18)27(22)15(3)4/h5-11,14-15,19H,12-13H2,1-4H3,(H,25,28)/t19-/m0/s1. The minimum Gasteiger partial charge on any atom is -0.346 e. The Kier molecular flexibility index (Phi) is 6.07. The third kappa shape index (κ3) is 4.38. The minimum absolute atomic E-state index is 0.00141. The number of hydrogen-bond donors (Lipinski definition) is 1. The molecular weight excluding hydrogens is 355 g/mol. The molecule has 0 saturated carbocycles. The zero-order valence-corrected chi connectivity index (χ0v) is 16.8. The molecule has 0 saturated heterocycles. The SMILES string of the molecule is CC(C)C[C@H](NC(=O)Cc1ccccc1F)c1nc2cccnc2n1C(C)C. The second-order valence-electron chi connectivity index (χ2n) is 7.80. The lowest BCUT2D eigenvalue weighted by Gasteiger charge is -2.23. The quantitative estimate of drug-likeness (QED) is 0.650. The molecule has 3 rings (SSSR count). The number of nitrogens with zero attached hydrogens (tertiary/aromatic N) is 3. The molecule has 6 heteroatoms. The van der Waals surface area contributed by atoms with Crippen molar-refractivity contribution in [2.45, 2.75) is 52.6 Å². The van der Waals surface area contributed by atoms with Crippen LogP contribution in [0.4, 0.5) is 4.39 Å². The van der Waals surface area contributed by atoms with Crippen molar-refractivity contribution in [1.29, 1.82) is 0 Å². The van der Waals surface area contributed by atoms with E-state index in [1.54, 1.807) is 24.4 Å². The number of carbonyl (C=O) groups excluding carboxylic acids is 1. The molecule has 0 radical (unpaired) electrons. The van der Waals surface area contributed by atoms with Crippen molar-refractivity contribution >= 4 is 17.1 Å². The van der Waals surface area contributed by atoms with Crippen LogP contribution in [0.25, 0.3) is 11.2 Å². The van der Waals surface area contributed by atoms with Gasteiger partial charge in [0, 0.05) is 12.2 Å². The van der Waals surface area contributed by atoms with E-state index in [1.165, 1.54) is 6.07 Å². The smallest absolute Gasteiger partial charge is 0.225 e. The second-order valence-corrected chi connectivity index (χ2v) is 7.80. The topological polar surface area (TPSA) is 59.8 Å². The number of fused-ring (bicyclic) bond motifs is 1. The van der Waals surface area contributed by atoms with Gasteiger partial charge in [0.1, 0.15) is 17.2 Å². The van der Waals surface area contributed by atoms with Crippen LogP contribution < -0.4 is 5.32 Å². The molecule has 1 amide bonds. The zero-order chi connectivity index (χ0) is 20.3. The molecule has 0 spiro atoms. The molecular formula is C22H27FN4O. The van der Waals surface area contributed by atoms with Gasteiger partial charge in [-0.1, -0.05) is 32.0 Å². The van der Waals surface area contributed by atoms with Crippen LogP contribution in [0.1, 0.15) is 57.6 Å². The van der Waals surface area contributed by atoms with Crippen molar-refractivity contribution in [3.05, 3.63) is 59.8 Å². The Morgan fingerprint density at radius 1 is 1.14 bits per heavy atom. The average Bonchev–Trinajstić information content (AvgIpc) is 3.02. The molecule has 0 aliphatic rings. The van der Waals surface area contributed by atoms with Crippen molar-refractivity contribution in [2.75, 3.05) is 0 Å². The fourth-order valence-electron chi connectivity index (χ4n) is 3.46. The maximum absolute atomic E-state index is 13.9. The number of hydrogen-bond acceptors (Lipinski definition) is 3. The van der Waals surface area contributed by atoms with E-state index in [4.69, 9.17) is 4.98 Å². The molecule has 0 bridgehead atoms. The van der Waals surface area contributed by atoms with E-state index >= 15 is 0 Å². The van der Waals surface area contributed by atoms with Gasteiger partial charge >= 0.3 is 0 Å². The number of nitrogens with one attached hydrogen (secondary N) is 1. The van der Waals surface area contributed by atoms with Gasteiger partial charge < -0.3 is 9.88 Å². The fourth-order valence-corrected chi connectivity index (χ4v) is 3.46. The normalized spacial score (nSPS) is 12.7. The highest BCUT2D eigenvalue weighted by atomic mass is 19.1. The molecule has 148 valence electrons. The van der Waals surface area contributed by atoms with Crippen molar-refractivity contribution in [3.63, 3.8) is 0 Å². The number of imidazole rings is 1. The van der Waals surface area contributed by atoms with E-state index in [-0.39, 0.29) is 30.2 Å². The van der Waals surface area contributed by atoms with Gasteiger partial charge in [0.2, 0.25) is 5.91 Å². The van der Waals surface area contributed by atoms with Gasteiger partial charge in [-0.15, -0.1) is 0 Å². The second kappa shape index (κ2) is 8.50. The highest BCUT2D eigenvalue weighted by Gasteiger charge is 2.25. The van der Waals surface area contributed by atoms with Crippen molar-refractivity contribution in [3.8, 4) is 0 Å². The molecule has 28 heavy (non-hydrogen) atoms. The van der Waals surface area contributed by atoms with Crippen LogP contribution in [0.2, 0.25) is 0 Å². The summed E-state index contributed by atoms with van der Waals surface area (Å²) in [4.78, 5) is 22.0. The summed E-state index contributed by atoms with van der Waals surface area (Å²) in [7, 11) is 0. The molecule has 1 N–H and O–H groups in total. The van der Waals surface area contributed by atoms with Crippen molar-refractivity contribution < 1.29 is 9.18 Å². The Bertz CT molecular complexity index is 964. The fraction of sp³-hybridized carbons (Fsp3) is 0.409. The van der Waals surface area contributed by atoms with Gasteiger partial charge in [-0.25, -0.2) is 14.4 Å². The molecule has 0 fully saturated rings. The van der Waals surface area contributed by atoms with Crippen LogP contribution in [-0.2, 0) is 11.2 Å². The Balaban J connectivity index is 1.92. The summed E-state index contributed by atoms with van der Waals surface area (Å²) < 4.78 is 16.0. The van der Waals surface area contributed by atoms with E-state index in [1.807, 2.05) is 12.1 Å². The number of aromatic nitrogens is 3. The van der Waals surface area contributed by atoms with Gasteiger partial charge in [-0.2, -0.15) is 0 Å². The van der Waals surface area contributed by atoms with Crippen LogP contribution >= 0.6 is 0 Å². The number of carbonyl (C=O) groups is 1. The van der Waals surface area contributed by atoms with Crippen LogP contribution in [-0.4, -0.2) is 20.4 Å². The molecule has 2 aromatic heterocycles. The van der Waals surface area contributed by atoms with E-state index < -0.39 is 0 Å². The third-order valence-electron chi connectivity index (χ3n) is 4.66. The van der Waals surface area contributed by atoms with Gasteiger partial charge in [-0.3, -0.25) is 4.79 Å². The van der Waals surface area contributed by atoms with E-state index in [0.717, 1.165) is 23.4 Å². The maximum Gasteiger partial charge on any atom is 0.225 e. The van der Waals surface area contributed by atoms with Crippen LogP contribution in [0.5, 0.6) is 0 Å². The first-order valence-electron chi connectivity index (χ1n) is 9.72. The number of benzene rings is 1. The number of pyridine rings is 1. The Morgan fingerprint density at radius 2 is 1.89 bits per heavy atom. The van der Waals surface area contributed by atoms with Crippen LogP contribution in [0.15, 0.2) is 42.6 Å². The van der Waals surface area contributed by atoms with Crippen molar-refractivity contribution in [2.24, 2.45) is 5.92 Å². The first kappa shape index (κ1) is 20.0. The monoisotopic (exact) mass is 382 g/mol. The molecule has 0 unspecified atom stereocenters. The van der Waals surface area contributed by atoms with E-state index in [2.05, 4.69) is 42.6 Å². The average molecular weight is 382 g/mol. The predicted octanol–water partition coefficient (Wildman–Crippen LogP) is 4.60. The summed E-state index contributed by atoms with van der Waals surface area (Å²) in [5, 5.41) is 3.08. The highest BCUT2D eigenvalue weighted by molar-refractivity contribution is 5.79. The van der Waals surface area contributed by atoms with Crippen molar-refractivity contribution in [1.82, 2.24) is 19.9 Å². The lowest BCUT2D eigenvalue weighted by atomic mass is 10.0. The first-order chi connectivity index (χ1) is 13.4. The van der Waals surface area contributed by atoms with E-state index in [0.29, 0.717) is 11.5 Å². The zero-order valence-electron chi connectivity index (χ0n) is 16.8. The first-order valence-corrected chi connectivity index (χ1v) is 9.72. The third-order valence-corrected chi connectivity index (χ3v) is 4.66. The van der Waals surface area contributed by atoms with Gasteiger partial charge in [0.05, 0.1) is 12.5 Å². The minimum atomic E-state index is -0.364. The van der Waals surface area contributed by atoms with Gasteiger partial charge in [0.25, 0.3) is 0 Å². The predicted molar refractivity (Wildman–Crippen MR) is 108 cm³/mol. The molecule has 5 nitrogen and oxygen atoms in total. The Labute approximate surface area is 165 Å². The molecule has 2 heterocycles. The largest absolute Gasteiger partial charge is 0.346 e. The summed E-state index contributed by atoms with van der Waals surface area (Å²) in [6.07, 6.45) is 2.49. The lowest BCUT2D eigenvalue weighted by Crippen LogP contribution is -2.33. The summed E-state index contributed by atoms with van der Waals surface area (Å²) in [6, 6.07) is 10.0. The molecule has 0 aliphatic carbocycles. The summed E-state index contributed by atoms with van der Waals surface area (Å²) in [6.45, 7) is 8.37. The summed E-state index contributed by atoms with van der Waals surface area (Å²) in [5.41, 5.74) is 2.01. The number of halogens is 1. The Morgan fingerprint density at radius 3 is 2.57 bits per heavy atom. The van der Waals surface area contributed by atoms with E-state index in [9.17, 15) is 9.18 Å². The highest BCUT2D eigenvalue weighted by Crippen LogP contribution is 2.27. The van der Waals surface area contributed by atoms with Gasteiger partial charge in [0.15, 0.2) is 5.65 Å². The van der Waals surface area contributed by atoms with Crippen LogP contribution in [0.3, 0.4) is 0 Å². The summed E-state index contributed by atoms with van der Waals surface area (Å²) in [5.74, 6) is 0.564. The lowest BCUT2D eigenvalue weighted by molar-refractivity contribution is -0.121. The number of rotatable bonds is 7. The maximum atomic E-state index is 13.9.